The van der Waals surface area contributed by atoms with Crippen LogP contribution in [-0.2, 0) is 16.0 Å². The smallest absolute Gasteiger partial charge is 0.224 e. The van der Waals surface area contributed by atoms with E-state index in [0.717, 1.165) is 38.3 Å². The molecule has 2 aromatic carbocycles. The minimum Gasteiger partial charge on any atom is -0.612 e. The maximum absolute atomic E-state index is 13.9. The molecule has 1 unspecified atom stereocenters. The molecule has 0 aliphatic heterocycles. The van der Waals surface area contributed by atoms with E-state index in [1.165, 1.54) is 12.1 Å². The summed E-state index contributed by atoms with van der Waals surface area (Å²) in [5.41, 5.74) is 5.26. The van der Waals surface area contributed by atoms with Crippen LogP contribution in [-0.4, -0.2) is 35.0 Å². The molecule has 0 saturated heterocycles. The van der Waals surface area contributed by atoms with E-state index in [9.17, 15) is 13.7 Å². The van der Waals surface area contributed by atoms with E-state index in [1.807, 2.05) is 37.3 Å². The van der Waals surface area contributed by atoms with Crippen molar-refractivity contribution in [2.24, 2.45) is 0 Å². The van der Waals surface area contributed by atoms with Gasteiger partial charge < -0.3 is 15.0 Å². The number of nitrogens with one attached hydrogen (secondary N) is 1. The largest absolute Gasteiger partial charge is 0.612 e. The van der Waals surface area contributed by atoms with Gasteiger partial charge in [-0.25, -0.2) is 4.39 Å². The van der Waals surface area contributed by atoms with Crippen LogP contribution in [0.4, 0.5) is 4.39 Å². The average molecular weight is 414 g/mol. The molecular formula is C23H24FNO3S. The third-order valence-electron chi connectivity index (χ3n) is 4.97. The van der Waals surface area contributed by atoms with Gasteiger partial charge in [-0.2, -0.15) is 0 Å². The number of fused-ring (bicyclic) bond motifs is 1. The Morgan fingerprint density at radius 1 is 1.21 bits per heavy atom. The van der Waals surface area contributed by atoms with Gasteiger partial charge in [0.15, 0.2) is 4.90 Å². The fourth-order valence-corrected chi connectivity index (χ4v) is 3.95. The topological polar surface area (TPSA) is 72.4 Å². The molecule has 152 valence electrons. The van der Waals surface area contributed by atoms with Gasteiger partial charge in [-0.05, 0) is 100 Å². The number of rotatable bonds is 7. The maximum Gasteiger partial charge on any atom is 0.224 e. The van der Waals surface area contributed by atoms with E-state index in [2.05, 4.69) is 5.32 Å². The first-order valence-electron chi connectivity index (χ1n) is 9.44. The number of aliphatic hydroxyl groups excluding tert-OH is 1. The van der Waals surface area contributed by atoms with Gasteiger partial charge >= 0.3 is 0 Å². The lowest BCUT2D eigenvalue weighted by molar-refractivity contribution is -0.120. The second kappa shape index (κ2) is 9.39. The van der Waals surface area contributed by atoms with Crippen molar-refractivity contribution in [2.45, 2.75) is 24.7 Å². The van der Waals surface area contributed by atoms with Crippen LogP contribution < -0.4 is 5.32 Å². The Kier molecular flexibility index (Phi) is 6.90. The second-order valence-corrected chi connectivity index (χ2v) is 8.36. The summed E-state index contributed by atoms with van der Waals surface area (Å²) in [5, 5.41) is 11.6. The van der Waals surface area contributed by atoms with E-state index >= 15 is 0 Å². The summed E-state index contributed by atoms with van der Waals surface area (Å²) in [5.74, 6) is -0.496. The summed E-state index contributed by atoms with van der Waals surface area (Å²) in [6, 6.07) is 12.1. The lowest BCUT2D eigenvalue weighted by Gasteiger charge is -2.07. The van der Waals surface area contributed by atoms with Crippen LogP contribution in [0.1, 0.15) is 36.5 Å². The third kappa shape index (κ3) is 4.96. The van der Waals surface area contributed by atoms with E-state index in [4.69, 9.17) is 5.11 Å². The molecule has 0 radical (unpaired) electrons. The standard InChI is InChI=1S/C23H24FNO3S/c1-15-20(12-16-4-7-18(8-5-16)29(2)28)19-9-6-17(24)13-22(19)21(15)14-23(27)25-10-3-11-26/h4-9,12-13,26H,3,10-11,14H2,1-2H3,(H,25,27)/b20-12-. The monoisotopic (exact) mass is 413 g/mol. The van der Waals surface area contributed by atoms with Gasteiger partial charge in [-0.15, -0.1) is 0 Å². The van der Waals surface area contributed by atoms with Crippen LogP contribution in [0.2, 0.25) is 0 Å². The molecule has 0 bridgehead atoms. The Morgan fingerprint density at radius 2 is 1.93 bits per heavy atom. The van der Waals surface area contributed by atoms with Crippen molar-refractivity contribution in [3.63, 3.8) is 0 Å². The zero-order valence-corrected chi connectivity index (χ0v) is 17.3. The number of hydrogen-bond donors (Lipinski definition) is 2. The highest BCUT2D eigenvalue weighted by Crippen LogP contribution is 2.43. The first-order valence-corrected chi connectivity index (χ1v) is 11.0. The van der Waals surface area contributed by atoms with Crippen molar-refractivity contribution in [1.29, 1.82) is 0 Å². The van der Waals surface area contributed by atoms with Crippen molar-refractivity contribution in [3.05, 3.63) is 70.5 Å². The van der Waals surface area contributed by atoms with Crippen LogP contribution in [0, 0.1) is 5.82 Å². The highest BCUT2D eigenvalue weighted by Gasteiger charge is 2.25. The van der Waals surface area contributed by atoms with Crippen LogP contribution in [0.5, 0.6) is 0 Å². The molecule has 1 aliphatic rings. The van der Waals surface area contributed by atoms with Crippen molar-refractivity contribution < 1.29 is 18.8 Å². The SMILES string of the molecule is CC1=C(CC(=O)NCCCO)c2cc(F)ccc2/C1=C\c1ccc([S+](C)[O-])cc1. The maximum atomic E-state index is 13.9. The van der Waals surface area contributed by atoms with Gasteiger partial charge in [0.2, 0.25) is 5.91 Å². The number of benzene rings is 2. The molecule has 2 N–H and O–H groups in total. The number of carbonyl (C=O) groups excluding carboxylic acids is 1. The second-order valence-electron chi connectivity index (χ2n) is 6.98. The highest BCUT2D eigenvalue weighted by molar-refractivity contribution is 7.90. The average Bonchev–Trinajstić information content (AvgIpc) is 2.94. The Bertz CT molecular complexity index is 965. The third-order valence-corrected chi connectivity index (χ3v) is 5.91. The van der Waals surface area contributed by atoms with Gasteiger partial charge in [0.05, 0.1) is 6.42 Å². The van der Waals surface area contributed by atoms with E-state index < -0.39 is 11.2 Å². The van der Waals surface area contributed by atoms with Crippen molar-refractivity contribution in [3.8, 4) is 0 Å². The van der Waals surface area contributed by atoms with Gasteiger partial charge in [0.1, 0.15) is 12.1 Å². The van der Waals surface area contributed by atoms with Crippen molar-refractivity contribution in [2.75, 3.05) is 19.4 Å². The molecule has 1 atom stereocenters. The molecule has 4 nitrogen and oxygen atoms in total. The fourth-order valence-electron chi connectivity index (χ4n) is 3.43. The molecule has 0 spiro atoms. The molecule has 2 aromatic rings. The normalized spacial score (nSPS) is 15.6. The Balaban J connectivity index is 1.94. The number of aliphatic hydroxyl groups is 1. The lowest BCUT2D eigenvalue weighted by atomic mass is 10.0. The molecule has 0 aromatic heterocycles. The first-order chi connectivity index (χ1) is 13.9. The summed E-state index contributed by atoms with van der Waals surface area (Å²) in [6.45, 7) is 2.37. The van der Waals surface area contributed by atoms with Crippen molar-refractivity contribution in [1.82, 2.24) is 5.32 Å². The summed E-state index contributed by atoms with van der Waals surface area (Å²) in [6.07, 6.45) is 4.29. The quantitative estimate of drug-likeness (QED) is 0.536. The number of amides is 1. The van der Waals surface area contributed by atoms with Gasteiger partial charge in [-0.3, -0.25) is 4.79 Å². The van der Waals surface area contributed by atoms with E-state index in [0.29, 0.717) is 13.0 Å². The molecule has 1 amide bonds. The Labute approximate surface area is 173 Å². The fraction of sp³-hybridized carbons (Fsp3) is 0.261. The lowest BCUT2D eigenvalue weighted by Crippen LogP contribution is -2.25. The molecule has 6 heteroatoms. The zero-order valence-electron chi connectivity index (χ0n) is 16.5. The molecule has 0 saturated carbocycles. The van der Waals surface area contributed by atoms with Crippen LogP contribution in [0.15, 0.2) is 52.9 Å². The predicted octanol–water partition coefficient (Wildman–Crippen LogP) is 3.78. The number of carbonyl (C=O) groups is 1. The number of halogens is 1. The van der Waals surface area contributed by atoms with Gasteiger partial charge in [-0.1, -0.05) is 6.07 Å². The van der Waals surface area contributed by atoms with Crippen LogP contribution in [0.3, 0.4) is 0 Å². The molecule has 29 heavy (non-hydrogen) atoms. The van der Waals surface area contributed by atoms with E-state index in [1.54, 1.807) is 12.3 Å². The minimum atomic E-state index is -1.04. The summed E-state index contributed by atoms with van der Waals surface area (Å²) in [7, 11) is 0. The summed E-state index contributed by atoms with van der Waals surface area (Å²) < 4.78 is 25.5. The Morgan fingerprint density at radius 3 is 2.59 bits per heavy atom. The molecule has 3 rings (SSSR count). The number of allylic oxidation sites excluding steroid dienone is 2. The van der Waals surface area contributed by atoms with Gasteiger partial charge in [0, 0.05) is 13.2 Å². The van der Waals surface area contributed by atoms with Crippen LogP contribution >= 0.6 is 0 Å². The first kappa shape index (κ1) is 21.3. The highest BCUT2D eigenvalue weighted by atomic mass is 32.2. The molecule has 0 fully saturated rings. The molecule has 0 heterocycles. The van der Waals surface area contributed by atoms with Crippen LogP contribution in [0.25, 0.3) is 17.2 Å². The summed E-state index contributed by atoms with van der Waals surface area (Å²) >= 11 is -1.04. The van der Waals surface area contributed by atoms with E-state index in [-0.39, 0.29) is 24.8 Å². The molecule has 1 aliphatic carbocycles. The predicted molar refractivity (Wildman–Crippen MR) is 115 cm³/mol. The minimum absolute atomic E-state index is 0.0212. The molecular weight excluding hydrogens is 389 g/mol. The number of hydrogen-bond acceptors (Lipinski definition) is 3. The Hall–Kier alpha value is -2.41. The van der Waals surface area contributed by atoms with Crippen molar-refractivity contribution >= 4 is 34.3 Å². The zero-order chi connectivity index (χ0) is 21.0. The summed E-state index contributed by atoms with van der Waals surface area (Å²) in [4.78, 5) is 13.1. The van der Waals surface area contributed by atoms with Gasteiger partial charge in [0.25, 0.3) is 0 Å².